The molecule has 0 heterocycles. The van der Waals surface area contributed by atoms with E-state index < -0.39 is 0 Å². The lowest BCUT2D eigenvalue weighted by Crippen LogP contribution is -2.38. The van der Waals surface area contributed by atoms with Gasteiger partial charge in [-0.15, -0.1) is 0 Å². The van der Waals surface area contributed by atoms with Crippen LogP contribution in [0.5, 0.6) is 0 Å². The van der Waals surface area contributed by atoms with Crippen LogP contribution in [0.15, 0.2) is 35.5 Å². The second-order valence-electron chi connectivity index (χ2n) is 6.66. The zero-order valence-electron chi connectivity index (χ0n) is 12.6. The van der Waals surface area contributed by atoms with E-state index >= 15 is 0 Å². The molecule has 3 heteroatoms. The van der Waals surface area contributed by atoms with Crippen LogP contribution in [0.2, 0.25) is 0 Å². The van der Waals surface area contributed by atoms with Gasteiger partial charge in [0.2, 0.25) is 0 Å². The molecule has 3 N–H and O–H groups in total. The Morgan fingerprint density at radius 3 is 2.21 bits per heavy atom. The maximum atomic E-state index is 8.85. The number of hydrogen-bond donors (Lipinski definition) is 2. The number of nitrogens with two attached hydrogens (primary N) is 1. The number of nitrogens with zero attached hydrogens (tertiary/aromatic N) is 1. The number of rotatable bonds is 5. The van der Waals surface area contributed by atoms with Gasteiger partial charge in [0.15, 0.2) is 0 Å². The lowest BCUT2D eigenvalue weighted by molar-refractivity contribution is 0.204. The van der Waals surface area contributed by atoms with Crippen LogP contribution < -0.4 is 5.73 Å². The predicted molar refractivity (Wildman–Crippen MR) is 80.4 cm³/mol. The monoisotopic (exact) mass is 262 g/mol. The first-order chi connectivity index (χ1) is 8.70. The first-order valence-corrected chi connectivity index (χ1v) is 6.73. The topological polar surface area (TPSA) is 58.6 Å². The molecule has 0 aliphatic heterocycles. The van der Waals surface area contributed by atoms with Crippen LogP contribution in [0.3, 0.4) is 0 Å². The van der Waals surface area contributed by atoms with E-state index in [1.807, 2.05) is 13.0 Å². The highest BCUT2D eigenvalue weighted by Gasteiger charge is 2.35. The Bertz CT molecular complexity index is 435. The van der Waals surface area contributed by atoms with Crippen molar-refractivity contribution in [1.29, 1.82) is 0 Å². The van der Waals surface area contributed by atoms with Gasteiger partial charge in [-0.25, -0.2) is 0 Å². The molecule has 0 fully saturated rings. The Hall–Kier alpha value is -1.51. The molecule has 0 saturated heterocycles. The largest absolute Gasteiger partial charge is 0.409 e. The molecular weight excluding hydrogens is 236 g/mol. The van der Waals surface area contributed by atoms with Crippen LogP contribution in [0.1, 0.15) is 46.6 Å². The summed E-state index contributed by atoms with van der Waals surface area (Å²) < 4.78 is 0. The molecule has 0 saturated carbocycles. The van der Waals surface area contributed by atoms with Gasteiger partial charge < -0.3 is 10.9 Å². The van der Waals surface area contributed by atoms with Gasteiger partial charge in [-0.05, 0) is 22.8 Å². The van der Waals surface area contributed by atoms with Gasteiger partial charge >= 0.3 is 0 Å². The maximum Gasteiger partial charge on any atom is 0.142 e. The summed E-state index contributed by atoms with van der Waals surface area (Å²) in [5.41, 5.74) is 7.08. The highest BCUT2D eigenvalue weighted by molar-refractivity contribution is 5.82. The van der Waals surface area contributed by atoms with E-state index in [-0.39, 0.29) is 16.7 Å². The number of oxime groups is 1. The fraction of sp³-hybridized carbons (Fsp3) is 0.562. The third kappa shape index (κ3) is 3.72. The van der Waals surface area contributed by atoms with Crippen molar-refractivity contribution in [2.75, 3.05) is 0 Å². The average Bonchev–Trinajstić information content (AvgIpc) is 2.36. The van der Waals surface area contributed by atoms with E-state index in [0.717, 1.165) is 6.42 Å². The van der Waals surface area contributed by atoms with Crippen LogP contribution in [0.4, 0.5) is 0 Å². The van der Waals surface area contributed by atoms with Crippen molar-refractivity contribution in [3.63, 3.8) is 0 Å². The van der Waals surface area contributed by atoms with Crippen molar-refractivity contribution in [1.82, 2.24) is 0 Å². The van der Waals surface area contributed by atoms with E-state index in [2.05, 4.69) is 57.1 Å². The zero-order chi connectivity index (χ0) is 14.7. The van der Waals surface area contributed by atoms with E-state index in [1.54, 1.807) is 0 Å². The average molecular weight is 262 g/mol. The summed E-state index contributed by atoms with van der Waals surface area (Å²) >= 11 is 0. The van der Waals surface area contributed by atoms with Gasteiger partial charge in [0.1, 0.15) is 5.84 Å². The SMILES string of the molecule is CC(C(N)=NO)C(C)(C)CC(C)(C)c1ccccc1. The lowest BCUT2D eigenvalue weighted by Gasteiger charge is -2.39. The van der Waals surface area contributed by atoms with Crippen LogP contribution in [0.25, 0.3) is 0 Å². The molecule has 19 heavy (non-hydrogen) atoms. The summed E-state index contributed by atoms with van der Waals surface area (Å²) in [6.07, 6.45) is 0.960. The quantitative estimate of drug-likeness (QED) is 0.367. The summed E-state index contributed by atoms with van der Waals surface area (Å²) in [4.78, 5) is 0. The highest BCUT2D eigenvalue weighted by atomic mass is 16.4. The van der Waals surface area contributed by atoms with Crippen molar-refractivity contribution in [3.05, 3.63) is 35.9 Å². The molecule has 0 amide bonds. The Balaban J connectivity index is 2.94. The number of amidine groups is 1. The molecule has 0 aliphatic carbocycles. The molecule has 0 spiro atoms. The molecule has 1 aromatic rings. The number of hydrogen-bond acceptors (Lipinski definition) is 2. The fourth-order valence-electron chi connectivity index (χ4n) is 2.77. The Kier molecular flexibility index (Phi) is 4.61. The van der Waals surface area contributed by atoms with Gasteiger partial charge in [0, 0.05) is 5.92 Å². The molecule has 3 nitrogen and oxygen atoms in total. The van der Waals surface area contributed by atoms with Gasteiger partial charge in [0.05, 0.1) is 0 Å². The minimum Gasteiger partial charge on any atom is -0.409 e. The van der Waals surface area contributed by atoms with Crippen molar-refractivity contribution in [2.24, 2.45) is 22.2 Å². The first kappa shape index (κ1) is 15.5. The lowest BCUT2D eigenvalue weighted by atomic mass is 9.66. The zero-order valence-corrected chi connectivity index (χ0v) is 12.6. The minimum atomic E-state index is -0.0460. The molecule has 0 aromatic heterocycles. The van der Waals surface area contributed by atoms with E-state index in [9.17, 15) is 0 Å². The van der Waals surface area contributed by atoms with Gasteiger partial charge in [0.25, 0.3) is 0 Å². The summed E-state index contributed by atoms with van der Waals surface area (Å²) in [7, 11) is 0. The molecule has 106 valence electrons. The Morgan fingerprint density at radius 1 is 1.21 bits per heavy atom. The normalized spacial score (nSPS) is 15.3. The summed E-state index contributed by atoms with van der Waals surface area (Å²) in [5, 5.41) is 12.0. The van der Waals surface area contributed by atoms with Crippen molar-refractivity contribution in [2.45, 2.75) is 46.5 Å². The van der Waals surface area contributed by atoms with Crippen LogP contribution in [-0.4, -0.2) is 11.0 Å². The van der Waals surface area contributed by atoms with E-state index in [0.29, 0.717) is 5.84 Å². The molecule has 0 bridgehead atoms. The third-order valence-corrected chi connectivity index (χ3v) is 4.18. The molecule has 1 rings (SSSR count). The predicted octanol–water partition coefficient (Wildman–Crippen LogP) is 3.76. The third-order valence-electron chi connectivity index (χ3n) is 4.18. The fourth-order valence-corrected chi connectivity index (χ4v) is 2.77. The summed E-state index contributed by atoms with van der Waals surface area (Å²) in [6.45, 7) is 10.8. The second-order valence-corrected chi connectivity index (χ2v) is 6.66. The summed E-state index contributed by atoms with van der Waals surface area (Å²) in [5.74, 6) is 0.328. The van der Waals surface area contributed by atoms with Crippen LogP contribution >= 0.6 is 0 Å². The van der Waals surface area contributed by atoms with Gasteiger partial charge in [-0.2, -0.15) is 0 Å². The molecule has 1 atom stereocenters. The smallest absolute Gasteiger partial charge is 0.142 e. The molecule has 0 aliphatic rings. The molecule has 0 radical (unpaired) electrons. The van der Waals surface area contributed by atoms with E-state index in [4.69, 9.17) is 10.9 Å². The summed E-state index contributed by atoms with van der Waals surface area (Å²) in [6, 6.07) is 10.5. The van der Waals surface area contributed by atoms with Crippen LogP contribution in [0, 0.1) is 11.3 Å². The van der Waals surface area contributed by atoms with Gasteiger partial charge in [-0.3, -0.25) is 0 Å². The molecule has 1 aromatic carbocycles. The van der Waals surface area contributed by atoms with Crippen molar-refractivity contribution >= 4 is 5.84 Å². The van der Waals surface area contributed by atoms with Crippen molar-refractivity contribution in [3.8, 4) is 0 Å². The standard InChI is InChI=1S/C16H26N2O/c1-12(14(17)18-19)15(2,3)11-16(4,5)13-9-7-6-8-10-13/h6-10,12,19H,11H2,1-5H3,(H2,17,18). The van der Waals surface area contributed by atoms with Crippen molar-refractivity contribution < 1.29 is 5.21 Å². The van der Waals surface area contributed by atoms with E-state index in [1.165, 1.54) is 5.56 Å². The van der Waals surface area contributed by atoms with Crippen LogP contribution in [-0.2, 0) is 5.41 Å². The molecular formula is C16H26N2O. The Labute approximate surface area is 116 Å². The van der Waals surface area contributed by atoms with Gasteiger partial charge in [-0.1, -0.05) is 70.1 Å². The maximum absolute atomic E-state index is 8.85. The second kappa shape index (κ2) is 5.64. The minimum absolute atomic E-state index is 0.0282. The number of benzene rings is 1. The highest BCUT2D eigenvalue weighted by Crippen LogP contribution is 2.41. The first-order valence-electron chi connectivity index (χ1n) is 6.73. The molecule has 1 unspecified atom stereocenters. The Morgan fingerprint density at radius 2 is 1.74 bits per heavy atom.